The Morgan fingerprint density at radius 1 is 1.19 bits per heavy atom. The number of ether oxygens (including phenoxy) is 1. The van der Waals surface area contributed by atoms with Gasteiger partial charge in [0.1, 0.15) is 0 Å². The zero-order valence-corrected chi connectivity index (χ0v) is 11.0. The number of hydrogen-bond donors (Lipinski definition) is 0. The van der Waals surface area contributed by atoms with Crippen molar-refractivity contribution < 1.29 is 13.2 Å². The van der Waals surface area contributed by atoms with Gasteiger partial charge in [-0.2, -0.15) is 17.0 Å². The van der Waals surface area contributed by atoms with E-state index in [-0.39, 0.29) is 0 Å². The lowest BCUT2D eigenvalue weighted by Gasteiger charge is -2.29. The van der Waals surface area contributed by atoms with Gasteiger partial charge in [0.2, 0.25) is 0 Å². The first kappa shape index (κ1) is 13.9. The fourth-order valence-corrected chi connectivity index (χ4v) is 2.37. The molecule has 96 valence electrons. The van der Waals surface area contributed by atoms with Gasteiger partial charge in [-0.15, -0.1) is 0 Å². The second-order valence-electron chi connectivity index (χ2n) is 4.07. The van der Waals surface area contributed by atoms with Crippen LogP contribution in [0.15, 0.2) is 0 Å². The van der Waals surface area contributed by atoms with Gasteiger partial charge < -0.3 is 4.74 Å². The van der Waals surface area contributed by atoms with E-state index in [4.69, 9.17) is 4.74 Å². The minimum Gasteiger partial charge on any atom is -0.379 e. The van der Waals surface area contributed by atoms with E-state index >= 15 is 0 Å². The smallest absolute Gasteiger partial charge is 0.281 e. The van der Waals surface area contributed by atoms with Crippen LogP contribution >= 0.6 is 0 Å². The van der Waals surface area contributed by atoms with Crippen LogP contribution in [0.25, 0.3) is 0 Å². The predicted molar refractivity (Wildman–Crippen MR) is 62.5 cm³/mol. The van der Waals surface area contributed by atoms with E-state index in [9.17, 15) is 8.42 Å². The summed E-state index contributed by atoms with van der Waals surface area (Å²) >= 11 is 0. The van der Waals surface area contributed by atoms with Gasteiger partial charge in [0.05, 0.1) is 13.2 Å². The molecule has 0 bridgehead atoms. The first-order valence-corrected chi connectivity index (χ1v) is 6.78. The second-order valence-corrected chi connectivity index (χ2v) is 6.32. The molecule has 1 rings (SSSR count). The fourth-order valence-electron chi connectivity index (χ4n) is 1.50. The minimum absolute atomic E-state index is 0.514. The van der Waals surface area contributed by atoms with Crippen molar-refractivity contribution in [2.24, 2.45) is 0 Å². The maximum absolute atomic E-state index is 11.7. The summed E-state index contributed by atoms with van der Waals surface area (Å²) < 4.78 is 31.3. The molecule has 6 nitrogen and oxygen atoms in total. The van der Waals surface area contributed by atoms with Crippen molar-refractivity contribution in [3.63, 3.8) is 0 Å². The minimum atomic E-state index is -3.27. The van der Waals surface area contributed by atoms with Crippen LogP contribution in [0.5, 0.6) is 0 Å². The van der Waals surface area contributed by atoms with E-state index in [1.54, 1.807) is 21.1 Å². The van der Waals surface area contributed by atoms with E-state index in [0.29, 0.717) is 6.54 Å². The standard InChI is InChI=1S/C9H21N3O3S/c1-10(2)16(13,14)11(3)4-5-12-6-8-15-9-7-12/h4-9H2,1-3H3. The van der Waals surface area contributed by atoms with E-state index in [1.165, 1.54) is 8.61 Å². The quantitative estimate of drug-likeness (QED) is 0.633. The SMILES string of the molecule is CN(C)S(=O)(=O)N(C)CCN1CCOCC1. The molecule has 0 saturated carbocycles. The molecule has 0 spiro atoms. The highest BCUT2D eigenvalue weighted by Gasteiger charge is 2.21. The zero-order chi connectivity index (χ0) is 12.2. The van der Waals surface area contributed by atoms with Crippen LogP contribution in [0.3, 0.4) is 0 Å². The number of morpholine rings is 1. The second kappa shape index (κ2) is 5.92. The molecule has 1 fully saturated rings. The van der Waals surface area contributed by atoms with E-state index < -0.39 is 10.2 Å². The van der Waals surface area contributed by atoms with Crippen molar-refractivity contribution in [1.29, 1.82) is 0 Å². The molecule has 1 aliphatic rings. The molecule has 0 N–H and O–H groups in total. The molecule has 0 amide bonds. The number of likely N-dealkylation sites (N-methyl/N-ethyl adjacent to an activating group) is 1. The van der Waals surface area contributed by atoms with Crippen LogP contribution in [-0.4, -0.2) is 82.5 Å². The molecular formula is C9H21N3O3S. The predicted octanol–water partition coefficient (Wildman–Crippen LogP) is -0.943. The molecule has 0 atom stereocenters. The van der Waals surface area contributed by atoms with Crippen molar-refractivity contribution in [2.45, 2.75) is 0 Å². The average molecular weight is 251 g/mol. The third kappa shape index (κ3) is 3.67. The molecule has 0 aliphatic carbocycles. The van der Waals surface area contributed by atoms with E-state index in [0.717, 1.165) is 32.8 Å². The Bertz CT molecular complexity index is 299. The summed E-state index contributed by atoms with van der Waals surface area (Å²) in [7, 11) is 1.42. The van der Waals surface area contributed by atoms with Crippen LogP contribution in [0.1, 0.15) is 0 Å². The summed E-state index contributed by atoms with van der Waals surface area (Å²) in [5, 5.41) is 0. The van der Waals surface area contributed by atoms with Crippen LogP contribution in [-0.2, 0) is 14.9 Å². The summed E-state index contributed by atoms with van der Waals surface area (Å²) in [5.41, 5.74) is 0. The topological polar surface area (TPSA) is 53.1 Å². The molecule has 0 aromatic carbocycles. The molecule has 0 aromatic heterocycles. The molecule has 0 aromatic rings. The Balaban J connectivity index is 2.37. The molecule has 0 radical (unpaired) electrons. The summed E-state index contributed by atoms with van der Waals surface area (Å²) in [6.45, 7) is 4.52. The highest BCUT2D eigenvalue weighted by Crippen LogP contribution is 2.02. The summed E-state index contributed by atoms with van der Waals surface area (Å²) in [4.78, 5) is 2.21. The maximum Gasteiger partial charge on any atom is 0.281 e. The van der Waals surface area contributed by atoms with Crippen LogP contribution < -0.4 is 0 Å². The van der Waals surface area contributed by atoms with Gasteiger partial charge in [-0.25, -0.2) is 0 Å². The van der Waals surface area contributed by atoms with Gasteiger partial charge in [0.25, 0.3) is 10.2 Å². The highest BCUT2D eigenvalue weighted by atomic mass is 32.2. The lowest BCUT2D eigenvalue weighted by Crippen LogP contribution is -2.44. The fraction of sp³-hybridized carbons (Fsp3) is 1.00. The van der Waals surface area contributed by atoms with Crippen LogP contribution in [0.2, 0.25) is 0 Å². The Morgan fingerprint density at radius 2 is 1.75 bits per heavy atom. The van der Waals surface area contributed by atoms with Crippen LogP contribution in [0.4, 0.5) is 0 Å². The lowest BCUT2D eigenvalue weighted by molar-refractivity contribution is 0.0367. The van der Waals surface area contributed by atoms with Crippen LogP contribution in [0, 0.1) is 0 Å². The lowest BCUT2D eigenvalue weighted by atomic mass is 10.4. The monoisotopic (exact) mass is 251 g/mol. The maximum atomic E-state index is 11.7. The first-order valence-electron chi connectivity index (χ1n) is 5.38. The summed E-state index contributed by atoms with van der Waals surface area (Å²) in [6.07, 6.45) is 0. The largest absolute Gasteiger partial charge is 0.379 e. The first-order chi connectivity index (χ1) is 7.44. The Kier molecular flexibility index (Phi) is 5.13. The molecule has 1 heterocycles. The van der Waals surface area contributed by atoms with Gasteiger partial charge in [0.15, 0.2) is 0 Å². The summed E-state index contributed by atoms with van der Waals surface area (Å²) in [6, 6.07) is 0. The van der Waals surface area contributed by atoms with Crippen molar-refractivity contribution in [3.8, 4) is 0 Å². The Morgan fingerprint density at radius 3 is 2.25 bits per heavy atom. The van der Waals surface area contributed by atoms with Crippen molar-refractivity contribution in [3.05, 3.63) is 0 Å². The third-order valence-corrected chi connectivity index (χ3v) is 4.58. The zero-order valence-electron chi connectivity index (χ0n) is 10.2. The Labute approximate surface area is 97.9 Å². The van der Waals surface area contributed by atoms with Gasteiger partial charge >= 0.3 is 0 Å². The number of rotatable bonds is 5. The van der Waals surface area contributed by atoms with Crippen molar-refractivity contribution >= 4 is 10.2 Å². The van der Waals surface area contributed by atoms with Gasteiger partial charge in [0, 0.05) is 47.3 Å². The van der Waals surface area contributed by atoms with Crippen molar-refractivity contribution in [2.75, 3.05) is 60.5 Å². The van der Waals surface area contributed by atoms with Gasteiger partial charge in [-0.05, 0) is 0 Å². The number of nitrogens with zero attached hydrogens (tertiary/aromatic N) is 3. The van der Waals surface area contributed by atoms with E-state index in [2.05, 4.69) is 4.90 Å². The third-order valence-electron chi connectivity index (χ3n) is 2.69. The molecule has 1 saturated heterocycles. The van der Waals surface area contributed by atoms with Gasteiger partial charge in [-0.3, -0.25) is 4.90 Å². The average Bonchev–Trinajstić information content (AvgIpc) is 2.27. The molecule has 1 aliphatic heterocycles. The summed E-state index contributed by atoms with van der Waals surface area (Å²) in [5.74, 6) is 0. The Hall–Kier alpha value is -0.210. The van der Waals surface area contributed by atoms with E-state index in [1.807, 2.05) is 0 Å². The molecule has 0 unspecified atom stereocenters. The molecular weight excluding hydrogens is 230 g/mol. The van der Waals surface area contributed by atoms with Gasteiger partial charge in [-0.1, -0.05) is 0 Å². The molecule has 16 heavy (non-hydrogen) atoms. The molecule has 7 heteroatoms. The normalized spacial score (nSPS) is 19.6. The number of hydrogen-bond acceptors (Lipinski definition) is 4. The van der Waals surface area contributed by atoms with Crippen molar-refractivity contribution in [1.82, 2.24) is 13.5 Å². The highest BCUT2D eigenvalue weighted by molar-refractivity contribution is 7.86.